The van der Waals surface area contributed by atoms with Crippen LogP contribution in [0, 0.1) is 0 Å². The number of aliphatic carboxylic acids is 1. The number of hydrogen-bond acceptors (Lipinski definition) is 4. The van der Waals surface area contributed by atoms with Gasteiger partial charge in [-0.15, -0.1) is 11.3 Å². The Morgan fingerprint density at radius 1 is 1.27 bits per heavy atom. The Kier molecular flexibility index (Phi) is 5.97. The van der Waals surface area contributed by atoms with E-state index in [0.29, 0.717) is 0 Å². The summed E-state index contributed by atoms with van der Waals surface area (Å²) < 4.78 is 5.92. The van der Waals surface area contributed by atoms with E-state index < -0.39 is 18.1 Å². The number of hydrogen-bond donors (Lipinski definition) is 2. The highest BCUT2D eigenvalue weighted by Gasteiger charge is 2.21. The molecule has 22 heavy (non-hydrogen) atoms. The monoisotopic (exact) mass is 383 g/mol. The number of carboxylic acids is 1. The molecular weight excluding hydrogens is 370 g/mol. The Labute approximate surface area is 140 Å². The van der Waals surface area contributed by atoms with Crippen molar-refractivity contribution in [3.63, 3.8) is 0 Å². The number of nitrogens with one attached hydrogen (secondary N) is 1. The molecule has 0 saturated carbocycles. The summed E-state index contributed by atoms with van der Waals surface area (Å²) in [5.41, 5.74) is 1.59. The molecule has 116 valence electrons. The second kappa shape index (κ2) is 7.95. The fourth-order valence-electron chi connectivity index (χ4n) is 1.87. The maximum atomic E-state index is 11.9. The summed E-state index contributed by atoms with van der Waals surface area (Å²) in [6.07, 6.45) is -0.858. The van der Waals surface area contributed by atoms with Crippen molar-refractivity contribution in [3.8, 4) is 0 Å². The highest BCUT2D eigenvalue weighted by atomic mass is 79.9. The van der Waals surface area contributed by atoms with E-state index in [2.05, 4.69) is 21.2 Å². The summed E-state index contributed by atoms with van der Waals surface area (Å²) in [5.74, 6) is -0.994. The Bertz CT molecular complexity index is 644. The number of alkyl carbamates (subject to hydrolysis) is 1. The van der Waals surface area contributed by atoms with Crippen molar-refractivity contribution in [2.24, 2.45) is 0 Å². The van der Waals surface area contributed by atoms with Crippen LogP contribution in [0.2, 0.25) is 0 Å². The first-order valence-corrected chi connectivity index (χ1v) is 8.15. The number of halogens is 1. The lowest BCUT2D eigenvalue weighted by atomic mass is 10.1. The molecule has 0 spiro atoms. The van der Waals surface area contributed by atoms with E-state index in [0.717, 1.165) is 14.9 Å². The van der Waals surface area contributed by atoms with E-state index in [4.69, 9.17) is 9.84 Å². The Morgan fingerprint density at radius 3 is 2.59 bits per heavy atom. The van der Waals surface area contributed by atoms with Crippen LogP contribution in [0.1, 0.15) is 23.6 Å². The van der Waals surface area contributed by atoms with Gasteiger partial charge < -0.3 is 15.2 Å². The van der Waals surface area contributed by atoms with Gasteiger partial charge in [-0.25, -0.2) is 4.79 Å². The number of benzene rings is 1. The van der Waals surface area contributed by atoms with Gasteiger partial charge in [0.1, 0.15) is 6.61 Å². The van der Waals surface area contributed by atoms with Gasteiger partial charge in [0.05, 0.1) is 16.2 Å². The summed E-state index contributed by atoms with van der Waals surface area (Å²) >= 11 is 4.78. The van der Waals surface area contributed by atoms with Gasteiger partial charge in [0, 0.05) is 5.56 Å². The van der Waals surface area contributed by atoms with Crippen molar-refractivity contribution in [2.75, 3.05) is 0 Å². The second-order valence-corrected chi connectivity index (χ2v) is 6.74. The zero-order chi connectivity index (χ0) is 15.9. The lowest BCUT2D eigenvalue weighted by molar-refractivity contribution is -0.137. The molecule has 1 unspecified atom stereocenters. The quantitative estimate of drug-likeness (QED) is 0.791. The molecule has 5 nitrogen and oxygen atoms in total. The first-order valence-electron chi connectivity index (χ1n) is 6.48. The smallest absolute Gasteiger partial charge is 0.407 e. The number of amides is 1. The summed E-state index contributed by atoms with van der Waals surface area (Å²) in [6.45, 7) is 0.136. The van der Waals surface area contributed by atoms with Crippen LogP contribution in [0.25, 0.3) is 0 Å². The van der Waals surface area contributed by atoms with Gasteiger partial charge in [-0.3, -0.25) is 4.79 Å². The highest BCUT2D eigenvalue weighted by molar-refractivity contribution is 9.11. The number of rotatable bonds is 6. The topological polar surface area (TPSA) is 75.6 Å². The summed E-state index contributed by atoms with van der Waals surface area (Å²) in [6, 6.07) is 10.4. The molecule has 1 aromatic heterocycles. The molecule has 1 atom stereocenters. The normalized spacial score (nSPS) is 11.7. The minimum absolute atomic E-state index is 0.136. The first-order chi connectivity index (χ1) is 10.6. The van der Waals surface area contributed by atoms with Crippen LogP contribution >= 0.6 is 27.3 Å². The molecule has 0 saturated heterocycles. The van der Waals surface area contributed by atoms with Crippen molar-refractivity contribution in [1.82, 2.24) is 5.32 Å². The number of thiophene rings is 1. The third kappa shape index (κ3) is 4.85. The number of carboxylic acid groups (broad SMARTS) is 1. The molecule has 1 heterocycles. The average molecular weight is 384 g/mol. The maximum Gasteiger partial charge on any atom is 0.407 e. The zero-order valence-electron chi connectivity index (χ0n) is 11.5. The standard InChI is InChI=1S/C15H14BrNO4S/c16-14-11(6-7-22-14)12(8-13(18)19)17-15(20)21-9-10-4-2-1-3-5-10/h1-7,12H,8-9H2,(H,17,20)(H,18,19). The molecule has 0 bridgehead atoms. The molecule has 2 aromatic rings. The van der Waals surface area contributed by atoms with Crippen molar-refractivity contribution < 1.29 is 19.4 Å². The predicted molar refractivity (Wildman–Crippen MR) is 86.8 cm³/mol. The molecular formula is C15H14BrNO4S. The minimum atomic E-state index is -0.994. The van der Waals surface area contributed by atoms with Crippen LogP contribution in [0.3, 0.4) is 0 Å². The molecule has 0 aliphatic carbocycles. The van der Waals surface area contributed by atoms with Crippen molar-refractivity contribution in [2.45, 2.75) is 19.1 Å². The fourth-order valence-corrected chi connectivity index (χ4v) is 3.29. The van der Waals surface area contributed by atoms with Crippen LogP contribution < -0.4 is 5.32 Å². The summed E-state index contributed by atoms with van der Waals surface area (Å²) in [5, 5.41) is 13.4. The van der Waals surface area contributed by atoms with Gasteiger partial charge in [-0.1, -0.05) is 30.3 Å². The lowest BCUT2D eigenvalue weighted by Gasteiger charge is -2.16. The largest absolute Gasteiger partial charge is 0.481 e. The summed E-state index contributed by atoms with van der Waals surface area (Å²) in [7, 11) is 0. The molecule has 0 fully saturated rings. The molecule has 2 rings (SSSR count). The molecule has 1 amide bonds. The molecule has 0 radical (unpaired) electrons. The number of carbonyl (C=O) groups excluding carboxylic acids is 1. The third-order valence-electron chi connectivity index (χ3n) is 2.91. The Hall–Kier alpha value is -1.86. The fraction of sp³-hybridized carbons (Fsp3) is 0.200. The highest BCUT2D eigenvalue weighted by Crippen LogP contribution is 2.30. The predicted octanol–water partition coefficient (Wildman–Crippen LogP) is 3.95. The lowest BCUT2D eigenvalue weighted by Crippen LogP contribution is -2.30. The zero-order valence-corrected chi connectivity index (χ0v) is 13.9. The van der Waals surface area contributed by atoms with Crippen LogP contribution in [-0.2, 0) is 16.1 Å². The van der Waals surface area contributed by atoms with Gasteiger partial charge in [0.2, 0.25) is 0 Å². The maximum absolute atomic E-state index is 11.9. The van der Waals surface area contributed by atoms with Crippen molar-refractivity contribution in [3.05, 3.63) is 56.7 Å². The summed E-state index contributed by atoms with van der Waals surface area (Å²) in [4.78, 5) is 22.8. The van der Waals surface area contributed by atoms with E-state index in [1.807, 2.05) is 35.7 Å². The van der Waals surface area contributed by atoms with E-state index >= 15 is 0 Å². The Morgan fingerprint density at radius 2 is 2.00 bits per heavy atom. The molecule has 7 heteroatoms. The van der Waals surface area contributed by atoms with Crippen LogP contribution in [0.15, 0.2) is 45.6 Å². The van der Waals surface area contributed by atoms with E-state index in [1.54, 1.807) is 6.07 Å². The minimum Gasteiger partial charge on any atom is -0.481 e. The molecule has 0 aliphatic rings. The second-order valence-electron chi connectivity index (χ2n) is 4.51. The first kappa shape index (κ1) is 16.5. The van der Waals surface area contributed by atoms with E-state index in [1.165, 1.54) is 11.3 Å². The van der Waals surface area contributed by atoms with Gasteiger partial charge in [-0.05, 0) is 32.9 Å². The average Bonchev–Trinajstić information content (AvgIpc) is 2.91. The molecule has 0 aliphatic heterocycles. The number of carbonyl (C=O) groups is 2. The van der Waals surface area contributed by atoms with Gasteiger partial charge >= 0.3 is 12.1 Å². The molecule has 1 aromatic carbocycles. The van der Waals surface area contributed by atoms with E-state index in [9.17, 15) is 9.59 Å². The van der Waals surface area contributed by atoms with Crippen LogP contribution in [0.4, 0.5) is 4.79 Å². The van der Waals surface area contributed by atoms with Crippen LogP contribution in [-0.4, -0.2) is 17.2 Å². The van der Waals surface area contributed by atoms with Gasteiger partial charge in [0.15, 0.2) is 0 Å². The van der Waals surface area contributed by atoms with Gasteiger partial charge in [-0.2, -0.15) is 0 Å². The number of ether oxygens (including phenoxy) is 1. The van der Waals surface area contributed by atoms with Crippen LogP contribution in [0.5, 0.6) is 0 Å². The van der Waals surface area contributed by atoms with Crippen molar-refractivity contribution >= 4 is 39.3 Å². The molecule has 2 N–H and O–H groups in total. The third-order valence-corrected chi connectivity index (χ3v) is 4.64. The van der Waals surface area contributed by atoms with Gasteiger partial charge in [0.25, 0.3) is 0 Å². The van der Waals surface area contributed by atoms with E-state index in [-0.39, 0.29) is 13.0 Å². The SMILES string of the molecule is O=C(O)CC(NC(=O)OCc1ccccc1)c1ccsc1Br. The van der Waals surface area contributed by atoms with Crippen molar-refractivity contribution in [1.29, 1.82) is 0 Å². The Balaban J connectivity index is 1.96.